The van der Waals surface area contributed by atoms with Gasteiger partial charge >= 0.3 is 0 Å². The maximum Gasteiger partial charge on any atom is 0.150 e. The zero-order valence-corrected chi connectivity index (χ0v) is 11.8. The fourth-order valence-corrected chi connectivity index (χ4v) is 2.38. The van der Waals surface area contributed by atoms with E-state index in [4.69, 9.17) is 5.73 Å². The van der Waals surface area contributed by atoms with Crippen LogP contribution in [0.5, 0.6) is 0 Å². The van der Waals surface area contributed by atoms with Gasteiger partial charge < -0.3 is 5.73 Å². The fourth-order valence-electron chi connectivity index (χ4n) is 2.38. The summed E-state index contributed by atoms with van der Waals surface area (Å²) >= 11 is 0. The van der Waals surface area contributed by atoms with Gasteiger partial charge in [-0.3, -0.25) is 9.67 Å². The van der Waals surface area contributed by atoms with Crippen LogP contribution in [0.25, 0.3) is 22.4 Å². The average molecular weight is 282 g/mol. The summed E-state index contributed by atoms with van der Waals surface area (Å²) in [4.78, 5) is 3.78. The summed E-state index contributed by atoms with van der Waals surface area (Å²) < 4.78 is 15.6. The molecule has 0 saturated heterocycles. The van der Waals surface area contributed by atoms with Crippen molar-refractivity contribution in [2.24, 2.45) is 7.05 Å². The maximum absolute atomic E-state index is 14.0. The number of halogens is 1. The molecule has 0 aliphatic rings. The molecule has 1 aromatic carbocycles. The van der Waals surface area contributed by atoms with Crippen LogP contribution in [0, 0.1) is 12.7 Å². The van der Waals surface area contributed by atoms with Crippen LogP contribution in [0.15, 0.2) is 42.7 Å². The van der Waals surface area contributed by atoms with Crippen LogP contribution in [0.3, 0.4) is 0 Å². The second-order valence-corrected chi connectivity index (χ2v) is 4.96. The topological polar surface area (TPSA) is 56.7 Å². The van der Waals surface area contributed by atoms with Crippen molar-refractivity contribution in [3.63, 3.8) is 0 Å². The third-order valence-electron chi connectivity index (χ3n) is 3.43. The number of benzene rings is 1. The van der Waals surface area contributed by atoms with E-state index in [9.17, 15) is 4.39 Å². The van der Waals surface area contributed by atoms with Crippen LogP contribution in [0.4, 0.5) is 10.2 Å². The highest BCUT2D eigenvalue weighted by molar-refractivity contribution is 5.88. The van der Waals surface area contributed by atoms with Gasteiger partial charge in [0.15, 0.2) is 5.82 Å². The number of nitrogens with two attached hydrogens (primary N) is 1. The summed E-state index contributed by atoms with van der Waals surface area (Å²) in [5, 5.41) is 4.37. The molecule has 0 fully saturated rings. The highest BCUT2D eigenvalue weighted by atomic mass is 19.1. The smallest absolute Gasteiger partial charge is 0.150 e. The van der Waals surface area contributed by atoms with E-state index in [0.717, 1.165) is 16.7 Å². The summed E-state index contributed by atoms with van der Waals surface area (Å²) in [5.74, 6) is 0.0938. The molecule has 0 atom stereocenters. The number of nitrogen functional groups attached to an aromatic ring is 1. The van der Waals surface area contributed by atoms with Crippen LogP contribution >= 0.6 is 0 Å². The molecule has 0 radical (unpaired) electrons. The first-order chi connectivity index (χ1) is 10.1. The minimum absolute atomic E-state index is 0.397. The van der Waals surface area contributed by atoms with Crippen LogP contribution < -0.4 is 5.73 Å². The van der Waals surface area contributed by atoms with Crippen LogP contribution in [0.1, 0.15) is 5.56 Å². The Morgan fingerprint density at radius 1 is 1.24 bits per heavy atom. The first kappa shape index (κ1) is 13.3. The zero-order chi connectivity index (χ0) is 15.0. The Morgan fingerprint density at radius 3 is 2.76 bits per heavy atom. The second-order valence-electron chi connectivity index (χ2n) is 4.96. The highest BCUT2D eigenvalue weighted by Gasteiger charge is 2.19. The van der Waals surface area contributed by atoms with Gasteiger partial charge in [0.1, 0.15) is 11.5 Å². The van der Waals surface area contributed by atoms with Gasteiger partial charge in [-0.15, -0.1) is 0 Å². The normalized spacial score (nSPS) is 10.8. The molecule has 0 aliphatic carbocycles. The number of aromatic nitrogens is 3. The van der Waals surface area contributed by atoms with Crippen molar-refractivity contribution in [3.05, 3.63) is 54.1 Å². The predicted molar refractivity (Wildman–Crippen MR) is 81.0 cm³/mol. The molecule has 0 spiro atoms. The molecular weight excluding hydrogens is 267 g/mol. The number of nitrogens with zero attached hydrogens (tertiary/aromatic N) is 3. The first-order valence-electron chi connectivity index (χ1n) is 6.57. The molecule has 2 N–H and O–H groups in total. The Hall–Kier alpha value is -2.69. The molecule has 2 aromatic heterocycles. The lowest BCUT2D eigenvalue weighted by Gasteiger charge is -2.06. The molecule has 106 valence electrons. The van der Waals surface area contributed by atoms with Crippen molar-refractivity contribution in [2.45, 2.75) is 6.92 Å². The Labute approximate surface area is 122 Å². The van der Waals surface area contributed by atoms with Crippen molar-refractivity contribution >= 4 is 5.82 Å². The molecule has 3 rings (SSSR count). The lowest BCUT2D eigenvalue weighted by atomic mass is 10.00. The monoisotopic (exact) mass is 282 g/mol. The van der Waals surface area contributed by atoms with Gasteiger partial charge in [0, 0.05) is 18.8 Å². The quantitative estimate of drug-likeness (QED) is 0.785. The molecule has 0 saturated carbocycles. The van der Waals surface area contributed by atoms with Crippen molar-refractivity contribution in [1.82, 2.24) is 14.8 Å². The van der Waals surface area contributed by atoms with E-state index in [1.807, 2.05) is 31.2 Å². The molecule has 0 amide bonds. The van der Waals surface area contributed by atoms with Gasteiger partial charge in [-0.25, -0.2) is 4.39 Å². The summed E-state index contributed by atoms with van der Waals surface area (Å²) in [5.41, 5.74) is 9.83. The van der Waals surface area contributed by atoms with E-state index in [-0.39, 0.29) is 0 Å². The molecule has 3 aromatic rings. The van der Waals surface area contributed by atoms with E-state index in [1.165, 1.54) is 6.20 Å². The molecule has 21 heavy (non-hydrogen) atoms. The number of hydrogen-bond donors (Lipinski definition) is 1. The Morgan fingerprint density at radius 2 is 2.05 bits per heavy atom. The third-order valence-corrected chi connectivity index (χ3v) is 3.43. The summed E-state index contributed by atoms with van der Waals surface area (Å²) in [6.45, 7) is 2.00. The molecule has 0 unspecified atom stereocenters. The predicted octanol–water partition coefficient (Wildman–Crippen LogP) is 3.18. The number of rotatable bonds is 2. The molecule has 4 nitrogen and oxygen atoms in total. The molecule has 0 bridgehead atoms. The number of hydrogen-bond acceptors (Lipinski definition) is 3. The maximum atomic E-state index is 14.0. The van der Waals surface area contributed by atoms with E-state index in [2.05, 4.69) is 10.1 Å². The molecule has 0 aliphatic heterocycles. The zero-order valence-electron chi connectivity index (χ0n) is 11.8. The number of aryl methyl sites for hydroxylation is 2. The van der Waals surface area contributed by atoms with Crippen LogP contribution in [0.2, 0.25) is 0 Å². The van der Waals surface area contributed by atoms with E-state index in [1.54, 1.807) is 24.0 Å². The van der Waals surface area contributed by atoms with Crippen molar-refractivity contribution < 1.29 is 4.39 Å². The van der Waals surface area contributed by atoms with Crippen LogP contribution in [-0.4, -0.2) is 14.8 Å². The average Bonchev–Trinajstić information content (AvgIpc) is 2.75. The van der Waals surface area contributed by atoms with Gasteiger partial charge in [0.25, 0.3) is 0 Å². The highest BCUT2D eigenvalue weighted by Crippen LogP contribution is 2.36. The molecule has 5 heteroatoms. The summed E-state index contributed by atoms with van der Waals surface area (Å²) in [7, 11) is 1.75. The standard InChI is InChI=1S/C16H15FN4/c1-10-4-3-5-11(8-10)14-15(20-21(2)16(14)18)12-6-7-19-9-13(12)17/h3-9H,18H2,1-2H3. The number of pyridine rings is 1. The van der Waals surface area contributed by atoms with E-state index < -0.39 is 5.82 Å². The van der Waals surface area contributed by atoms with Crippen molar-refractivity contribution in [3.8, 4) is 22.4 Å². The van der Waals surface area contributed by atoms with Gasteiger partial charge in [0.2, 0.25) is 0 Å². The Balaban J connectivity index is 2.29. The van der Waals surface area contributed by atoms with Gasteiger partial charge in [0.05, 0.1) is 11.8 Å². The molecule has 2 heterocycles. The largest absolute Gasteiger partial charge is 0.383 e. The minimum atomic E-state index is -0.412. The Kier molecular flexibility index (Phi) is 3.17. The third kappa shape index (κ3) is 2.27. The summed E-state index contributed by atoms with van der Waals surface area (Å²) in [6, 6.07) is 9.52. The Bertz CT molecular complexity index is 808. The lowest BCUT2D eigenvalue weighted by molar-refractivity contribution is 0.623. The van der Waals surface area contributed by atoms with Crippen LogP contribution in [-0.2, 0) is 7.05 Å². The van der Waals surface area contributed by atoms with Crippen molar-refractivity contribution in [1.29, 1.82) is 0 Å². The van der Waals surface area contributed by atoms with Gasteiger partial charge in [-0.2, -0.15) is 5.10 Å². The minimum Gasteiger partial charge on any atom is -0.383 e. The summed E-state index contributed by atoms with van der Waals surface area (Å²) in [6.07, 6.45) is 2.73. The number of anilines is 1. The lowest BCUT2D eigenvalue weighted by Crippen LogP contribution is -1.98. The van der Waals surface area contributed by atoms with E-state index >= 15 is 0 Å². The first-order valence-corrected chi connectivity index (χ1v) is 6.57. The van der Waals surface area contributed by atoms with Crippen molar-refractivity contribution in [2.75, 3.05) is 5.73 Å². The second kappa shape index (κ2) is 5.01. The van der Waals surface area contributed by atoms with E-state index in [0.29, 0.717) is 17.1 Å². The SMILES string of the molecule is Cc1cccc(-c2c(-c3ccncc3F)nn(C)c2N)c1. The van der Waals surface area contributed by atoms with Gasteiger partial charge in [-0.1, -0.05) is 29.8 Å². The molecular formula is C16H15FN4. The fraction of sp³-hybridized carbons (Fsp3) is 0.125. The van der Waals surface area contributed by atoms with Gasteiger partial charge in [-0.05, 0) is 18.6 Å².